The molecule has 1 atom stereocenters. The molecule has 0 aliphatic carbocycles. The molecule has 1 unspecified atom stereocenters. The summed E-state index contributed by atoms with van der Waals surface area (Å²) in [5.41, 5.74) is 1.07. The third-order valence-corrected chi connectivity index (χ3v) is 3.37. The standard InChI is InChI=1S/C16H25N3O2.ClH/c1-13(17-3)11-18-16(21)9-10-19(14(2)20)12-15-7-5-4-6-8-15;/h4-8,13,17H,9-12H2,1-3H3,(H,18,21);1H. The summed E-state index contributed by atoms with van der Waals surface area (Å²) in [6.45, 7) is 5.09. The lowest BCUT2D eigenvalue weighted by Crippen LogP contribution is -2.39. The molecular formula is C16H26ClN3O2. The monoisotopic (exact) mass is 327 g/mol. The van der Waals surface area contributed by atoms with Gasteiger partial charge in [-0.2, -0.15) is 0 Å². The SMILES string of the molecule is CNC(C)CNC(=O)CCN(Cc1ccccc1)C(C)=O.Cl. The van der Waals surface area contributed by atoms with Crippen LogP contribution in [0.5, 0.6) is 0 Å². The highest BCUT2D eigenvalue weighted by Crippen LogP contribution is 2.05. The van der Waals surface area contributed by atoms with Crippen molar-refractivity contribution >= 4 is 24.2 Å². The fourth-order valence-corrected chi connectivity index (χ4v) is 1.85. The van der Waals surface area contributed by atoms with Gasteiger partial charge in [0.05, 0.1) is 0 Å². The molecule has 22 heavy (non-hydrogen) atoms. The molecule has 6 heteroatoms. The summed E-state index contributed by atoms with van der Waals surface area (Å²) >= 11 is 0. The number of rotatable bonds is 8. The lowest BCUT2D eigenvalue weighted by atomic mass is 10.2. The van der Waals surface area contributed by atoms with Crippen molar-refractivity contribution in [3.05, 3.63) is 35.9 Å². The van der Waals surface area contributed by atoms with E-state index in [0.29, 0.717) is 26.1 Å². The first-order chi connectivity index (χ1) is 10.0. The number of hydrogen-bond acceptors (Lipinski definition) is 3. The fraction of sp³-hybridized carbons (Fsp3) is 0.500. The van der Waals surface area contributed by atoms with Crippen LogP contribution in [-0.4, -0.2) is 42.9 Å². The molecule has 0 aliphatic rings. The van der Waals surface area contributed by atoms with E-state index in [2.05, 4.69) is 10.6 Å². The number of carbonyl (C=O) groups is 2. The van der Waals surface area contributed by atoms with E-state index in [4.69, 9.17) is 0 Å². The first-order valence-corrected chi connectivity index (χ1v) is 7.26. The summed E-state index contributed by atoms with van der Waals surface area (Å²) in [6.07, 6.45) is 0.322. The van der Waals surface area contributed by atoms with Crippen molar-refractivity contribution < 1.29 is 9.59 Å². The predicted octanol–water partition coefficient (Wildman–Crippen LogP) is 1.57. The lowest BCUT2D eigenvalue weighted by molar-refractivity contribution is -0.130. The predicted molar refractivity (Wildman–Crippen MR) is 90.9 cm³/mol. The van der Waals surface area contributed by atoms with Gasteiger partial charge in [0.1, 0.15) is 0 Å². The second-order valence-electron chi connectivity index (χ2n) is 5.17. The molecule has 1 rings (SSSR count). The summed E-state index contributed by atoms with van der Waals surface area (Å²) in [5.74, 6) is -0.0494. The van der Waals surface area contributed by atoms with Crippen LogP contribution in [0.15, 0.2) is 30.3 Å². The molecule has 2 amide bonds. The van der Waals surface area contributed by atoms with Crippen LogP contribution in [0.25, 0.3) is 0 Å². The summed E-state index contributed by atoms with van der Waals surface area (Å²) in [7, 11) is 1.86. The maximum Gasteiger partial charge on any atom is 0.221 e. The number of benzene rings is 1. The smallest absolute Gasteiger partial charge is 0.221 e. The van der Waals surface area contributed by atoms with Crippen LogP contribution in [-0.2, 0) is 16.1 Å². The minimum atomic E-state index is -0.0311. The minimum Gasteiger partial charge on any atom is -0.354 e. The highest BCUT2D eigenvalue weighted by atomic mass is 35.5. The van der Waals surface area contributed by atoms with Crippen LogP contribution in [0.1, 0.15) is 25.8 Å². The molecule has 0 saturated carbocycles. The molecule has 1 aromatic carbocycles. The van der Waals surface area contributed by atoms with Crippen molar-refractivity contribution in [1.29, 1.82) is 0 Å². The van der Waals surface area contributed by atoms with Gasteiger partial charge in [-0.05, 0) is 19.5 Å². The van der Waals surface area contributed by atoms with E-state index in [-0.39, 0.29) is 30.3 Å². The maximum atomic E-state index is 11.8. The van der Waals surface area contributed by atoms with Gasteiger partial charge in [0, 0.05) is 39.0 Å². The molecule has 5 nitrogen and oxygen atoms in total. The first kappa shape index (κ1) is 20.4. The van der Waals surface area contributed by atoms with Crippen molar-refractivity contribution in [3.63, 3.8) is 0 Å². The van der Waals surface area contributed by atoms with Crippen molar-refractivity contribution in [3.8, 4) is 0 Å². The number of nitrogens with one attached hydrogen (secondary N) is 2. The normalized spacial score (nSPS) is 11.2. The summed E-state index contributed by atoms with van der Waals surface area (Å²) in [6, 6.07) is 10.0. The van der Waals surface area contributed by atoms with Crippen LogP contribution in [0.3, 0.4) is 0 Å². The zero-order valence-corrected chi connectivity index (χ0v) is 14.3. The molecule has 0 spiro atoms. The number of halogens is 1. The molecule has 0 heterocycles. The minimum absolute atomic E-state index is 0. The van der Waals surface area contributed by atoms with Gasteiger partial charge in [-0.15, -0.1) is 12.4 Å². The Morgan fingerprint density at radius 2 is 1.86 bits per heavy atom. The van der Waals surface area contributed by atoms with Crippen molar-refractivity contribution in [2.45, 2.75) is 32.9 Å². The third-order valence-electron chi connectivity index (χ3n) is 3.37. The highest BCUT2D eigenvalue weighted by molar-refractivity contribution is 5.85. The lowest BCUT2D eigenvalue weighted by Gasteiger charge is -2.21. The van der Waals surface area contributed by atoms with Crippen LogP contribution in [0.2, 0.25) is 0 Å². The molecule has 0 bridgehead atoms. The Bertz CT molecular complexity index is 454. The maximum absolute atomic E-state index is 11.8. The summed E-state index contributed by atoms with van der Waals surface area (Å²) in [4.78, 5) is 25.1. The van der Waals surface area contributed by atoms with Gasteiger partial charge in [0.25, 0.3) is 0 Å². The topological polar surface area (TPSA) is 61.4 Å². The number of amides is 2. The highest BCUT2D eigenvalue weighted by Gasteiger charge is 2.12. The van der Waals surface area contributed by atoms with Gasteiger partial charge in [0.15, 0.2) is 0 Å². The van der Waals surface area contributed by atoms with E-state index in [1.54, 1.807) is 4.90 Å². The molecular weight excluding hydrogens is 302 g/mol. The fourth-order valence-electron chi connectivity index (χ4n) is 1.85. The Hall–Kier alpha value is -1.59. The van der Waals surface area contributed by atoms with Gasteiger partial charge in [-0.1, -0.05) is 30.3 Å². The quantitative estimate of drug-likeness (QED) is 0.762. The Kier molecular flexibility index (Phi) is 10.2. The second kappa shape index (κ2) is 11.0. The molecule has 0 saturated heterocycles. The number of nitrogens with zero attached hydrogens (tertiary/aromatic N) is 1. The van der Waals surface area contributed by atoms with Gasteiger partial charge in [-0.3, -0.25) is 9.59 Å². The third kappa shape index (κ3) is 8.00. The van der Waals surface area contributed by atoms with Gasteiger partial charge < -0.3 is 15.5 Å². The van der Waals surface area contributed by atoms with E-state index in [9.17, 15) is 9.59 Å². The first-order valence-electron chi connectivity index (χ1n) is 7.26. The van der Waals surface area contributed by atoms with Crippen LogP contribution in [0, 0.1) is 0 Å². The van der Waals surface area contributed by atoms with Crippen molar-refractivity contribution in [2.24, 2.45) is 0 Å². The van der Waals surface area contributed by atoms with E-state index >= 15 is 0 Å². The van der Waals surface area contributed by atoms with E-state index in [1.807, 2.05) is 44.3 Å². The molecule has 0 fully saturated rings. The van der Waals surface area contributed by atoms with Crippen molar-refractivity contribution in [2.75, 3.05) is 20.1 Å². The number of hydrogen-bond donors (Lipinski definition) is 2. The van der Waals surface area contributed by atoms with Crippen LogP contribution in [0.4, 0.5) is 0 Å². The van der Waals surface area contributed by atoms with Crippen molar-refractivity contribution in [1.82, 2.24) is 15.5 Å². The van der Waals surface area contributed by atoms with Crippen LogP contribution < -0.4 is 10.6 Å². The Balaban J connectivity index is 0.00000441. The second-order valence-corrected chi connectivity index (χ2v) is 5.17. The summed E-state index contributed by atoms with van der Waals surface area (Å²) < 4.78 is 0. The molecule has 124 valence electrons. The Morgan fingerprint density at radius 1 is 1.23 bits per heavy atom. The molecule has 0 aliphatic heterocycles. The Labute approximate surface area is 138 Å². The number of likely N-dealkylation sites (N-methyl/N-ethyl adjacent to an activating group) is 1. The van der Waals surface area contributed by atoms with Gasteiger partial charge in [-0.25, -0.2) is 0 Å². The molecule has 0 aromatic heterocycles. The number of carbonyl (C=O) groups excluding carboxylic acids is 2. The average molecular weight is 328 g/mol. The molecule has 1 aromatic rings. The van der Waals surface area contributed by atoms with Crippen LogP contribution >= 0.6 is 12.4 Å². The Morgan fingerprint density at radius 3 is 2.41 bits per heavy atom. The van der Waals surface area contributed by atoms with Gasteiger partial charge >= 0.3 is 0 Å². The van der Waals surface area contributed by atoms with E-state index in [1.165, 1.54) is 6.92 Å². The molecule has 0 radical (unpaired) electrons. The zero-order valence-electron chi connectivity index (χ0n) is 13.5. The summed E-state index contributed by atoms with van der Waals surface area (Å²) in [5, 5.41) is 5.91. The van der Waals surface area contributed by atoms with Gasteiger partial charge in [0.2, 0.25) is 11.8 Å². The zero-order chi connectivity index (χ0) is 15.7. The van der Waals surface area contributed by atoms with E-state index in [0.717, 1.165) is 5.56 Å². The average Bonchev–Trinajstić information content (AvgIpc) is 2.49. The van der Waals surface area contributed by atoms with E-state index < -0.39 is 0 Å². The molecule has 2 N–H and O–H groups in total. The largest absolute Gasteiger partial charge is 0.354 e.